The van der Waals surface area contributed by atoms with Gasteiger partial charge in [0.05, 0.1) is 22.7 Å². The summed E-state index contributed by atoms with van der Waals surface area (Å²) in [5.41, 5.74) is 0.797. The molecule has 0 saturated carbocycles. The van der Waals surface area contributed by atoms with Gasteiger partial charge in [-0.15, -0.1) is 0 Å². The second-order valence-corrected chi connectivity index (χ2v) is 8.13. The number of carbonyl (C=O) groups excluding carboxylic acids is 1. The van der Waals surface area contributed by atoms with Gasteiger partial charge in [-0.3, -0.25) is 9.10 Å². The number of sulfonamides is 1. The fraction of sp³-hybridized carbons (Fsp3) is 0.235. The van der Waals surface area contributed by atoms with Gasteiger partial charge in [-0.1, -0.05) is 48.3 Å². The van der Waals surface area contributed by atoms with Crippen LogP contribution in [0.3, 0.4) is 0 Å². The molecule has 5 nitrogen and oxygen atoms in total. The van der Waals surface area contributed by atoms with Crippen molar-refractivity contribution in [3.05, 3.63) is 58.6 Å². The highest BCUT2D eigenvalue weighted by Gasteiger charge is 2.31. The van der Waals surface area contributed by atoms with Gasteiger partial charge < -0.3 is 5.32 Å². The van der Waals surface area contributed by atoms with Crippen molar-refractivity contribution in [1.82, 2.24) is 0 Å². The van der Waals surface area contributed by atoms with Crippen LogP contribution in [0.2, 0.25) is 10.0 Å². The summed E-state index contributed by atoms with van der Waals surface area (Å²) in [6.07, 6.45) is 1.37. The normalized spacial score (nSPS) is 12.5. The molecular formula is C17H18Cl2N2O3S. The average Bonchev–Trinajstić information content (AvgIpc) is 2.54. The first-order valence-electron chi connectivity index (χ1n) is 7.54. The first-order valence-corrected chi connectivity index (χ1v) is 10.1. The molecule has 2 aromatic carbocycles. The van der Waals surface area contributed by atoms with E-state index in [-0.39, 0.29) is 5.02 Å². The molecule has 0 fully saturated rings. The molecule has 8 heteroatoms. The summed E-state index contributed by atoms with van der Waals surface area (Å²) in [5.74, 6) is -0.471. The number of amides is 1. The van der Waals surface area contributed by atoms with Crippen LogP contribution < -0.4 is 9.62 Å². The Morgan fingerprint density at radius 1 is 1.16 bits per heavy atom. The summed E-state index contributed by atoms with van der Waals surface area (Å²) < 4.78 is 25.7. The number of para-hydroxylation sites is 1. The van der Waals surface area contributed by atoms with Crippen LogP contribution in [-0.2, 0) is 14.8 Å². The zero-order chi connectivity index (χ0) is 18.6. The molecule has 1 atom stereocenters. The minimum absolute atomic E-state index is 0.279. The van der Waals surface area contributed by atoms with Crippen molar-refractivity contribution in [3.8, 4) is 0 Å². The van der Waals surface area contributed by atoms with E-state index >= 15 is 0 Å². The van der Waals surface area contributed by atoms with E-state index < -0.39 is 22.0 Å². The summed E-state index contributed by atoms with van der Waals surface area (Å²) in [6, 6.07) is 12.3. The quantitative estimate of drug-likeness (QED) is 0.790. The summed E-state index contributed by atoms with van der Waals surface area (Å²) in [7, 11) is -3.67. The first kappa shape index (κ1) is 19.6. The van der Waals surface area contributed by atoms with Crippen molar-refractivity contribution >= 4 is 50.5 Å². The van der Waals surface area contributed by atoms with Crippen molar-refractivity contribution in [1.29, 1.82) is 0 Å². The molecule has 0 aromatic heterocycles. The monoisotopic (exact) mass is 400 g/mol. The van der Waals surface area contributed by atoms with Gasteiger partial charge in [0.2, 0.25) is 15.9 Å². The van der Waals surface area contributed by atoms with Crippen LogP contribution in [0.4, 0.5) is 11.4 Å². The van der Waals surface area contributed by atoms with Crippen molar-refractivity contribution in [3.63, 3.8) is 0 Å². The number of hydrogen-bond acceptors (Lipinski definition) is 3. The molecular weight excluding hydrogens is 383 g/mol. The van der Waals surface area contributed by atoms with Gasteiger partial charge in [-0.05, 0) is 36.8 Å². The number of rotatable bonds is 6. The number of benzene rings is 2. The maximum Gasteiger partial charge on any atom is 0.248 e. The van der Waals surface area contributed by atoms with E-state index in [2.05, 4.69) is 5.32 Å². The molecule has 0 aliphatic rings. The third kappa shape index (κ3) is 4.87. The Bertz CT molecular complexity index is 857. The zero-order valence-corrected chi connectivity index (χ0v) is 16.1. The van der Waals surface area contributed by atoms with Crippen molar-refractivity contribution in [2.24, 2.45) is 0 Å². The lowest BCUT2D eigenvalue weighted by atomic mass is 10.2. The minimum atomic E-state index is -3.67. The third-order valence-electron chi connectivity index (χ3n) is 3.53. The molecule has 2 rings (SSSR count). The van der Waals surface area contributed by atoms with Crippen LogP contribution in [0.1, 0.15) is 13.3 Å². The largest absolute Gasteiger partial charge is 0.323 e. The Hall–Kier alpha value is -1.76. The molecule has 0 heterocycles. The van der Waals surface area contributed by atoms with Gasteiger partial charge in [-0.25, -0.2) is 8.42 Å². The molecule has 0 spiro atoms. The number of hydrogen-bond donors (Lipinski definition) is 1. The molecule has 1 N–H and O–H groups in total. The van der Waals surface area contributed by atoms with Gasteiger partial charge >= 0.3 is 0 Å². The molecule has 1 amide bonds. The Morgan fingerprint density at radius 3 is 2.32 bits per heavy atom. The predicted molar refractivity (Wildman–Crippen MR) is 103 cm³/mol. The van der Waals surface area contributed by atoms with Gasteiger partial charge in [0.25, 0.3) is 0 Å². The SMILES string of the molecule is CCC(C(=O)Nc1ccc(Cl)cc1Cl)N(c1ccccc1)S(C)(=O)=O. The summed E-state index contributed by atoms with van der Waals surface area (Å²) in [5, 5.41) is 3.40. The topological polar surface area (TPSA) is 66.5 Å². The summed E-state index contributed by atoms with van der Waals surface area (Å²) >= 11 is 11.9. The van der Waals surface area contributed by atoms with Crippen molar-refractivity contribution < 1.29 is 13.2 Å². The van der Waals surface area contributed by atoms with Crippen LogP contribution in [0.5, 0.6) is 0 Å². The van der Waals surface area contributed by atoms with E-state index in [0.29, 0.717) is 22.8 Å². The highest BCUT2D eigenvalue weighted by Crippen LogP contribution is 2.27. The zero-order valence-electron chi connectivity index (χ0n) is 13.7. The standard InChI is InChI=1S/C17H18Cl2N2O3S/c1-3-16(17(22)20-15-10-9-12(18)11-14(15)19)21(25(2,23)24)13-7-5-4-6-8-13/h4-11,16H,3H2,1-2H3,(H,20,22). The smallest absolute Gasteiger partial charge is 0.248 e. The Balaban J connectivity index is 2.36. The number of nitrogens with one attached hydrogen (secondary N) is 1. The second-order valence-electron chi connectivity index (χ2n) is 5.43. The third-order valence-corrected chi connectivity index (χ3v) is 5.26. The van der Waals surface area contributed by atoms with Crippen LogP contribution in [0.15, 0.2) is 48.5 Å². The fourth-order valence-corrected chi connectivity index (χ4v) is 4.11. The maximum atomic E-state index is 12.7. The van der Waals surface area contributed by atoms with E-state index in [1.54, 1.807) is 49.4 Å². The molecule has 25 heavy (non-hydrogen) atoms. The lowest BCUT2D eigenvalue weighted by Gasteiger charge is -2.30. The van der Waals surface area contributed by atoms with Crippen LogP contribution in [0.25, 0.3) is 0 Å². The Labute approximate surface area is 157 Å². The van der Waals surface area contributed by atoms with E-state index in [0.717, 1.165) is 10.6 Å². The molecule has 0 aliphatic heterocycles. The van der Waals surface area contributed by atoms with Crippen molar-refractivity contribution in [2.75, 3.05) is 15.9 Å². The highest BCUT2D eigenvalue weighted by atomic mass is 35.5. The van der Waals surface area contributed by atoms with Gasteiger partial charge in [-0.2, -0.15) is 0 Å². The van der Waals surface area contributed by atoms with E-state index in [1.165, 1.54) is 6.07 Å². The van der Waals surface area contributed by atoms with Crippen molar-refractivity contribution in [2.45, 2.75) is 19.4 Å². The molecule has 0 aliphatic carbocycles. The van der Waals surface area contributed by atoms with Crippen LogP contribution in [-0.4, -0.2) is 26.6 Å². The Morgan fingerprint density at radius 2 is 1.80 bits per heavy atom. The van der Waals surface area contributed by atoms with Gasteiger partial charge in [0, 0.05) is 5.02 Å². The molecule has 1 unspecified atom stereocenters. The lowest BCUT2D eigenvalue weighted by molar-refractivity contribution is -0.117. The maximum absolute atomic E-state index is 12.7. The molecule has 134 valence electrons. The summed E-state index contributed by atoms with van der Waals surface area (Å²) in [6.45, 7) is 1.74. The average molecular weight is 401 g/mol. The molecule has 2 aromatic rings. The number of carbonyl (C=O) groups is 1. The van der Waals surface area contributed by atoms with Gasteiger partial charge in [0.15, 0.2) is 0 Å². The van der Waals surface area contributed by atoms with E-state index in [4.69, 9.17) is 23.2 Å². The Kier molecular flexibility index (Phi) is 6.32. The van der Waals surface area contributed by atoms with E-state index in [1.807, 2.05) is 0 Å². The predicted octanol–water partition coefficient (Wildman–Crippen LogP) is 4.18. The number of nitrogens with zero attached hydrogens (tertiary/aromatic N) is 1. The van der Waals surface area contributed by atoms with E-state index in [9.17, 15) is 13.2 Å². The number of anilines is 2. The minimum Gasteiger partial charge on any atom is -0.323 e. The fourth-order valence-electron chi connectivity index (χ4n) is 2.44. The molecule has 0 saturated heterocycles. The molecule has 0 bridgehead atoms. The van der Waals surface area contributed by atoms with Crippen LogP contribution in [0, 0.1) is 0 Å². The molecule has 0 radical (unpaired) electrons. The highest BCUT2D eigenvalue weighted by molar-refractivity contribution is 7.92. The van der Waals surface area contributed by atoms with Gasteiger partial charge in [0.1, 0.15) is 6.04 Å². The number of halogens is 2. The second kappa shape index (κ2) is 8.08. The first-order chi connectivity index (χ1) is 11.7. The lowest BCUT2D eigenvalue weighted by Crippen LogP contribution is -2.47. The summed E-state index contributed by atoms with van der Waals surface area (Å²) in [4.78, 5) is 12.7. The van der Waals surface area contributed by atoms with Crippen LogP contribution >= 0.6 is 23.2 Å².